The van der Waals surface area contributed by atoms with Crippen LogP contribution in [0.5, 0.6) is 0 Å². The van der Waals surface area contributed by atoms with Crippen LogP contribution >= 0.6 is 17.0 Å². The molecule has 0 aromatic carbocycles. The third kappa shape index (κ3) is 1.87. The number of hydrogen-bond acceptors (Lipinski definition) is 3. The summed E-state index contributed by atoms with van der Waals surface area (Å²) < 4.78 is 0. The molecule has 1 aliphatic rings. The number of hydrogen-bond donors (Lipinski definition) is 1. The molecule has 0 aromatic rings. The maximum Gasteiger partial charge on any atom is 0.191 e. The highest BCUT2D eigenvalue weighted by atomic mass is 79.9. The summed E-state index contributed by atoms with van der Waals surface area (Å²) in [5.41, 5.74) is 5.56. The van der Waals surface area contributed by atoms with Crippen molar-refractivity contribution in [2.45, 2.75) is 19.9 Å². The highest BCUT2D eigenvalue weighted by Crippen LogP contribution is 2.02. The Bertz CT molecular complexity index is 133. The lowest BCUT2D eigenvalue weighted by Crippen LogP contribution is -2.38. The second-order valence-electron chi connectivity index (χ2n) is 2.53. The van der Waals surface area contributed by atoms with Gasteiger partial charge in [-0.15, -0.1) is 17.0 Å². The van der Waals surface area contributed by atoms with Crippen molar-refractivity contribution < 1.29 is 0 Å². The average molecular weight is 208 g/mol. The second-order valence-corrected chi connectivity index (χ2v) is 2.53. The van der Waals surface area contributed by atoms with Crippen LogP contribution in [0.15, 0.2) is 4.99 Å². The molecule has 10 heavy (non-hydrogen) atoms. The fourth-order valence-corrected chi connectivity index (χ4v) is 1.00. The van der Waals surface area contributed by atoms with Gasteiger partial charge in [-0.2, -0.15) is 0 Å². The Morgan fingerprint density at radius 3 is 2.40 bits per heavy atom. The molecule has 0 atom stereocenters. The molecule has 0 bridgehead atoms. The predicted octanol–water partition coefficient (Wildman–Crippen LogP) is 0.603. The highest BCUT2D eigenvalue weighted by Gasteiger charge is 2.15. The third-order valence-electron chi connectivity index (χ3n) is 1.53. The molecule has 2 N–H and O–H groups in total. The van der Waals surface area contributed by atoms with E-state index in [-0.39, 0.29) is 17.0 Å². The first kappa shape index (κ1) is 9.75. The van der Waals surface area contributed by atoms with Crippen molar-refractivity contribution in [3.8, 4) is 0 Å². The summed E-state index contributed by atoms with van der Waals surface area (Å²) in [7, 11) is 0. The van der Waals surface area contributed by atoms with E-state index < -0.39 is 0 Å². The van der Waals surface area contributed by atoms with Crippen molar-refractivity contribution in [2.75, 3.05) is 13.1 Å². The van der Waals surface area contributed by atoms with Gasteiger partial charge < -0.3 is 10.6 Å². The van der Waals surface area contributed by atoms with Gasteiger partial charge >= 0.3 is 0 Å². The monoisotopic (exact) mass is 207 g/mol. The van der Waals surface area contributed by atoms with Gasteiger partial charge in [-0.3, -0.25) is 4.99 Å². The van der Waals surface area contributed by atoms with Crippen molar-refractivity contribution in [3.05, 3.63) is 0 Å². The summed E-state index contributed by atoms with van der Waals surface area (Å²) >= 11 is 0. The van der Waals surface area contributed by atoms with Crippen LogP contribution in [0.4, 0.5) is 0 Å². The Morgan fingerprint density at radius 1 is 1.60 bits per heavy atom. The topological polar surface area (TPSA) is 41.6 Å². The molecule has 0 radical (unpaired) electrons. The van der Waals surface area contributed by atoms with E-state index in [1.165, 1.54) is 0 Å². The van der Waals surface area contributed by atoms with Gasteiger partial charge in [0.25, 0.3) is 0 Å². The Balaban J connectivity index is 0.000000810. The number of nitrogens with two attached hydrogens (primary N) is 1. The maximum atomic E-state index is 5.56. The molecule has 0 unspecified atom stereocenters. The van der Waals surface area contributed by atoms with E-state index in [4.69, 9.17) is 5.73 Å². The Kier molecular flexibility index (Phi) is 3.71. The van der Waals surface area contributed by atoms with Crippen LogP contribution in [-0.4, -0.2) is 30.0 Å². The molecule has 0 aliphatic carbocycles. The van der Waals surface area contributed by atoms with Gasteiger partial charge in [0.1, 0.15) is 0 Å². The molecule has 3 nitrogen and oxygen atoms in total. The number of aliphatic imine (C=N–C) groups is 1. The van der Waals surface area contributed by atoms with E-state index in [0.29, 0.717) is 12.0 Å². The third-order valence-corrected chi connectivity index (χ3v) is 1.53. The van der Waals surface area contributed by atoms with Crippen molar-refractivity contribution in [3.63, 3.8) is 0 Å². The zero-order valence-electron chi connectivity index (χ0n) is 6.37. The largest absolute Gasteiger partial charge is 0.370 e. The van der Waals surface area contributed by atoms with Gasteiger partial charge in [0, 0.05) is 12.6 Å². The minimum Gasteiger partial charge on any atom is -0.370 e. The molecular formula is C6H14BrN3. The van der Waals surface area contributed by atoms with E-state index in [1.54, 1.807) is 0 Å². The maximum absolute atomic E-state index is 5.56. The summed E-state index contributed by atoms with van der Waals surface area (Å²) in [5.74, 6) is 0.699. The normalized spacial score (nSPS) is 17.1. The molecule has 0 amide bonds. The summed E-state index contributed by atoms with van der Waals surface area (Å²) in [6, 6.07) is 0.497. The molecule has 0 fully saturated rings. The summed E-state index contributed by atoms with van der Waals surface area (Å²) in [6.07, 6.45) is 0. The van der Waals surface area contributed by atoms with E-state index in [9.17, 15) is 0 Å². The molecule has 1 aliphatic heterocycles. The smallest absolute Gasteiger partial charge is 0.191 e. The number of nitrogens with zero attached hydrogens (tertiary/aromatic N) is 2. The SMILES string of the molecule is Br.CC(C)N1CCN=C1N. The van der Waals surface area contributed by atoms with E-state index >= 15 is 0 Å². The first-order valence-corrected chi connectivity index (χ1v) is 3.28. The predicted molar refractivity (Wildman–Crippen MR) is 48.7 cm³/mol. The number of rotatable bonds is 1. The average Bonchev–Trinajstić information content (AvgIpc) is 2.13. The number of halogens is 1. The zero-order chi connectivity index (χ0) is 6.85. The summed E-state index contributed by atoms with van der Waals surface area (Å²) in [4.78, 5) is 6.16. The van der Waals surface area contributed by atoms with Crippen molar-refractivity contribution in [1.82, 2.24) is 4.90 Å². The van der Waals surface area contributed by atoms with E-state index in [0.717, 1.165) is 13.1 Å². The van der Waals surface area contributed by atoms with Crippen molar-refractivity contribution in [1.29, 1.82) is 0 Å². The highest BCUT2D eigenvalue weighted by molar-refractivity contribution is 8.93. The molecule has 0 spiro atoms. The fraction of sp³-hybridized carbons (Fsp3) is 0.833. The summed E-state index contributed by atoms with van der Waals surface area (Å²) in [6.45, 7) is 6.09. The molecule has 0 saturated carbocycles. The first-order chi connectivity index (χ1) is 4.22. The standard InChI is InChI=1S/C6H13N3.BrH/c1-5(2)9-4-3-8-6(9)7;/h5H,3-4H2,1-2H3,(H2,7,8);1H. The zero-order valence-corrected chi connectivity index (χ0v) is 8.08. The second kappa shape index (κ2) is 3.81. The van der Waals surface area contributed by atoms with Crippen LogP contribution < -0.4 is 5.73 Å². The van der Waals surface area contributed by atoms with Crippen LogP contribution in [0.1, 0.15) is 13.8 Å². The molecule has 0 aromatic heterocycles. The van der Waals surface area contributed by atoms with Gasteiger partial charge in [0.2, 0.25) is 0 Å². The van der Waals surface area contributed by atoms with Crippen LogP contribution in [0.2, 0.25) is 0 Å². The van der Waals surface area contributed by atoms with Crippen LogP contribution in [0, 0.1) is 0 Å². The molecular weight excluding hydrogens is 194 g/mol. The van der Waals surface area contributed by atoms with Crippen LogP contribution in [0.25, 0.3) is 0 Å². The first-order valence-electron chi connectivity index (χ1n) is 3.28. The molecule has 1 heterocycles. The molecule has 0 saturated heterocycles. The van der Waals surface area contributed by atoms with Crippen molar-refractivity contribution in [2.24, 2.45) is 10.7 Å². The van der Waals surface area contributed by atoms with Crippen LogP contribution in [0.3, 0.4) is 0 Å². The molecule has 60 valence electrons. The van der Waals surface area contributed by atoms with Gasteiger partial charge in [-0.1, -0.05) is 0 Å². The van der Waals surface area contributed by atoms with E-state index in [1.807, 2.05) is 0 Å². The molecule has 1 rings (SSSR count). The fourth-order valence-electron chi connectivity index (χ4n) is 1.00. The Morgan fingerprint density at radius 2 is 2.20 bits per heavy atom. The van der Waals surface area contributed by atoms with Crippen LogP contribution in [-0.2, 0) is 0 Å². The quantitative estimate of drug-likeness (QED) is 0.685. The molecule has 4 heteroatoms. The van der Waals surface area contributed by atoms with E-state index in [2.05, 4.69) is 23.7 Å². The van der Waals surface area contributed by atoms with Gasteiger partial charge in [0.15, 0.2) is 5.96 Å². The number of guanidine groups is 1. The van der Waals surface area contributed by atoms with Gasteiger partial charge in [0.05, 0.1) is 6.54 Å². The van der Waals surface area contributed by atoms with Gasteiger partial charge in [-0.05, 0) is 13.8 Å². The summed E-state index contributed by atoms with van der Waals surface area (Å²) in [5, 5.41) is 0. The van der Waals surface area contributed by atoms with Gasteiger partial charge in [-0.25, -0.2) is 0 Å². The minimum atomic E-state index is 0. The lowest BCUT2D eigenvalue weighted by atomic mass is 10.3. The lowest BCUT2D eigenvalue weighted by Gasteiger charge is -2.21. The van der Waals surface area contributed by atoms with Crippen molar-refractivity contribution >= 4 is 22.9 Å². The lowest BCUT2D eigenvalue weighted by molar-refractivity contribution is 0.377. The Labute approximate surface area is 72.1 Å². The Hall–Kier alpha value is -0.250. The minimum absolute atomic E-state index is 0.